The van der Waals surface area contributed by atoms with Crippen molar-refractivity contribution in [3.8, 4) is 11.1 Å². The summed E-state index contributed by atoms with van der Waals surface area (Å²) < 4.78 is 39.0. The van der Waals surface area contributed by atoms with Crippen LogP contribution < -0.4 is 0 Å². The maximum absolute atomic E-state index is 14.6. The lowest BCUT2D eigenvalue weighted by atomic mass is 10.00. The Morgan fingerprint density at radius 1 is 0.800 bits per heavy atom. The topological polar surface area (TPSA) is 52.6 Å². The smallest absolute Gasteiger partial charge is 0.333 e. The van der Waals surface area contributed by atoms with Gasteiger partial charge in [-0.3, -0.25) is 0 Å². The van der Waals surface area contributed by atoms with Gasteiger partial charge in [-0.25, -0.2) is 18.4 Å². The second-order valence-corrected chi connectivity index (χ2v) is 6.93. The van der Waals surface area contributed by atoms with Crippen molar-refractivity contribution in [2.45, 2.75) is 26.7 Å². The zero-order valence-electron chi connectivity index (χ0n) is 17.1. The van der Waals surface area contributed by atoms with Gasteiger partial charge in [-0.05, 0) is 30.5 Å². The van der Waals surface area contributed by atoms with Gasteiger partial charge >= 0.3 is 11.9 Å². The third-order valence-electron chi connectivity index (χ3n) is 4.35. The summed E-state index contributed by atoms with van der Waals surface area (Å²) in [6.45, 7) is 10.2. The van der Waals surface area contributed by atoms with Gasteiger partial charge in [0.1, 0.15) is 0 Å². The van der Waals surface area contributed by atoms with E-state index in [1.54, 1.807) is 31.2 Å². The van der Waals surface area contributed by atoms with Crippen molar-refractivity contribution >= 4 is 11.9 Å². The molecule has 6 heteroatoms. The van der Waals surface area contributed by atoms with Crippen LogP contribution in [0.4, 0.5) is 8.78 Å². The number of carbonyl (C=O) groups is 2. The van der Waals surface area contributed by atoms with E-state index in [4.69, 9.17) is 9.47 Å². The van der Waals surface area contributed by atoms with E-state index in [1.807, 2.05) is 0 Å². The number of benzene rings is 2. The Morgan fingerprint density at radius 3 is 1.87 bits per heavy atom. The lowest BCUT2D eigenvalue weighted by Crippen LogP contribution is -2.09. The first-order valence-electron chi connectivity index (χ1n) is 9.42. The Morgan fingerprint density at radius 2 is 1.33 bits per heavy atom. The van der Waals surface area contributed by atoms with E-state index in [9.17, 15) is 18.4 Å². The summed E-state index contributed by atoms with van der Waals surface area (Å²) in [4.78, 5) is 22.7. The fourth-order valence-corrected chi connectivity index (χ4v) is 2.62. The van der Waals surface area contributed by atoms with Crippen LogP contribution in [0.5, 0.6) is 0 Å². The molecule has 2 rings (SSSR count). The van der Waals surface area contributed by atoms with Crippen LogP contribution in [0.1, 0.15) is 25.0 Å². The number of hydrogen-bond acceptors (Lipinski definition) is 4. The second-order valence-electron chi connectivity index (χ2n) is 6.93. The van der Waals surface area contributed by atoms with Crippen LogP contribution in [0.3, 0.4) is 0 Å². The average molecular weight is 414 g/mol. The highest BCUT2D eigenvalue weighted by atomic mass is 19.2. The Balaban J connectivity index is 2.02. The van der Waals surface area contributed by atoms with Crippen molar-refractivity contribution in [3.05, 3.63) is 83.5 Å². The zero-order valence-corrected chi connectivity index (χ0v) is 17.1. The van der Waals surface area contributed by atoms with Crippen LogP contribution in [0.15, 0.2) is 60.7 Å². The van der Waals surface area contributed by atoms with Crippen LogP contribution in [0.2, 0.25) is 0 Å². The molecule has 0 N–H and O–H groups in total. The SMILES string of the molecule is C=C(C)C(=O)OCCc1ccc(-c2ccc(CCOC(=O)C(=C)C)c(F)c2F)cc1. The summed E-state index contributed by atoms with van der Waals surface area (Å²) in [5, 5.41) is 0. The van der Waals surface area contributed by atoms with E-state index in [2.05, 4.69) is 13.2 Å². The van der Waals surface area contributed by atoms with Crippen LogP contribution in [-0.4, -0.2) is 25.2 Å². The minimum absolute atomic E-state index is 0.0594. The maximum Gasteiger partial charge on any atom is 0.333 e. The Bertz CT molecular complexity index is 962. The average Bonchev–Trinajstić information content (AvgIpc) is 2.71. The van der Waals surface area contributed by atoms with Gasteiger partial charge in [0, 0.05) is 29.6 Å². The van der Waals surface area contributed by atoms with Crippen LogP contribution in [0, 0.1) is 11.6 Å². The minimum Gasteiger partial charge on any atom is -0.462 e. The van der Waals surface area contributed by atoms with Crippen LogP contribution >= 0.6 is 0 Å². The van der Waals surface area contributed by atoms with Crippen molar-refractivity contribution in [1.29, 1.82) is 0 Å². The third kappa shape index (κ3) is 6.11. The molecule has 158 valence electrons. The quantitative estimate of drug-likeness (QED) is 0.430. The van der Waals surface area contributed by atoms with Gasteiger partial charge in [-0.15, -0.1) is 0 Å². The first-order chi connectivity index (χ1) is 14.2. The largest absolute Gasteiger partial charge is 0.462 e. The molecule has 0 aromatic heterocycles. The van der Waals surface area contributed by atoms with Crippen molar-refractivity contribution in [2.24, 2.45) is 0 Å². The minimum atomic E-state index is -0.963. The summed E-state index contributed by atoms with van der Waals surface area (Å²) in [6, 6.07) is 9.88. The molecule has 4 nitrogen and oxygen atoms in total. The molecular weight excluding hydrogens is 390 g/mol. The number of ether oxygens (including phenoxy) is 2. The zero-order chi connectivity index (χ0) is 22.3. The van der Waals surface area contributed by atoms with Gasteiger partial charge in [0.2, 0.25) is 0 Å². The molecular formula is C24H24F2O4. The maximum atomic E-state index is 14.6. The molecule has 0 aliphatic rings. The molecule has 30 heavy (non-hydrogen) atoms. The van der Waals surface area contributed by atoms with Gasteiger partial charge in [0.25, 0.3) is 0 Å². The molecule has 0 bridgehead atoms. The fourth-order valence-electron chi connectivity index (χ4n) is 2.62. The van der Waals surface area contributed by atoms with E-state index < -0.39 is 23.6 Å². The van der Waals surface area contributed by atoms with Gasteiger partial charge < -0.3 is 9.47 Å². The molecule has 0 heterocycles. The summed E-state index contributed by atoms with van der Waals surface area (Å²) in [5.74, 6) is -2.93. The molecule has 0 saturated heterocycles. The number of carbonyl (C=O) groups excluding carboxylic acids is 2. The van der Waals surface area contributed by atoms with Crippen molar-refractivity contribution in [3.63, 3.8) is 0 Å². The first kappa shape index (κ1) is 23.0. The van der Waals surface area contributed by atoms with Gasteiger partial charge in [0.15, 0.2) is 11.6 Å². The normalized spacial score (nSPS) is 10.4. The second kappa shape index (κ2) is 10.5. The molecule has 2 aromatic rings. The molecule has 0 atom stereocenters. The van der Waals surface area contributed by atoms with Crippen LogP contribution in [0.25, 0.3) is 11.1 Å². The first-order valence-corrected chi connectivity index (χ1v) is 9.42. The molecule has 0 spiro atoms. The highest BCUT2D eigenvalue weighted by molar-refractivity contribution is 5.87. The van der Waals surface area contributed by atoms with Crippen molar-refractivity contribution < 1.29 is 27.8 Å². The Hall–Kier alpha value is -3.28. The van der Waals surface area contributed by atoms with E-state index in [0.717, 1.165) is 5.56 Å². The lowest BCUT2D eigenvalue weighted by Gasteiger charge is -2.10. The molecule has 0 fully saturated rings. The molecule has 0 aliphatic carbocycles. The standard InChI is InChI=1S/C24H24F2O4/c1-15(2)23(27)29-13-11-17-5-7-18(8-6-17)20-10-9-19(21(25)22(20)26)12-14-30-24(28)16(3)4/h5-10H,1,3,11-14H2,2,4H3. The number of halogens is 2. The molecule has 0 saturated carbocycles. The highest BCUT2D eigenvalue weighted by Crippen LogP contribution is 2.27. The lowest BCUT2D eigenvalue weighted by molar-refractivity contribution is -0.139. The molecule has 0 aliphatic heterocycles. The monoisotopic (exact) mass is 414 g/mol. The summed E-state index contributed by atoms with van der Waals surface area (Å²) >= 11 is 0. The van der Waals surface area contributed by atoms with Gasteiger partial charge in [0.05, 0.1) is 13.2 Å². The van der Waals surface area contributed by atoms with E-state index in [-0.39, 0.29) is 36.3 Å². The van der Waals surface area contributed by atoms with Gasteiger partial charge in [-0.2, -0.15) is 0 Å². The fraction of sp³-hybridized carbons (Fsp3) is 0.250. The molecule has 0 amide bonds. The summed E-state index contributed by atoms with van der Waals surface area (Å²) in [7, 11) is 0. The summed E-state index contributed by atoms with van der Waals surface area (Å²) in [6.07, 6.45) is 0.557. The molecule has 0 unspecified atom stereocenters. The van der Waals surface area contributed by atoms with E-state index in [0.29, 0.717) is 17.6 Å². The number of rotatable bonds is 9. The summed E-state index contributed by atoms with van der Waals surface area (Å²) in [5.41, 5.74) is 2.26. The number of hydrogen-bond donors (Lipinski definition) is 0. The third-order valence-corrected chi connectivity index (χ3v) is 4.35. The highest BCUT2D eigenvalue weighted by Gasteiger charge is 2.15. The Kier molecular flexibility index (Phi) is 8.04. The predicted octanol–water partition coefficient (Wildman–Crippen LogP) is 4.96. The van der Waals surface area contributed by atoms with Crippen molar-refractivity contribution in [1.82, 2.24) is 0 Å². The van der Waals surface area contributed by atoms with Crippen LogP contribution in [-0.2, 0) is 31.9 Å². The van der Waals surface area contributed by atoms with Gasteiger partial charge in [-0.1, -0.05) is 49.6 Å². The van der Waals surface area contributed by atoms with E-state index >= 15 is 0 Å². The number of esters is 2. The van der Waals surface area contributed by atoms with Crippen molar-refractivity contribution in [2.75, 3.05) is 13.2 Å². The predicted molar refractivity (Wildman–Crippen MR) is 111 cm³/mol. The molecule has 0 radical (unpaired) electrons. The molecule has 2 aromatic carbocycles. The van der Waals surface area contributed by atoms with E-state index in [1.165, 1.54) is 19.1 Å². The Labute approximate surface area is 174 Å².